The third-order valence-electron chi connectivity index (χ3n) is 3.52. The van der Waals surface area contributed by atoms with Crippen LogP contribution in [0.2, 0.25) is 5.02 Å². The van der Waals surface area contributed by atoms with Gasteiger partial charge in [-0.1, -0.05) is 17.7 Å². The lowest BCUT2D eigenvalue weighted by atomic mass is 10.2. The minimum absolute atomic E-state index is 0.496. The van der Waals surface area contributed by atoms with Crippen molar-refractivity contribution in [1.29, 1.82) is 0 Å². The molecule has 0 atom stereocenters. The summed E-state index contributed by atoms with van der Waals surface area (Å²) < 4.78 is 5.44. The van der Waals surface area contributed by atoms with Crippen LogP contribution in [0.15, 0.2) is 54.7 Å². The molecule has 1 aromatic heterocycles. The van der Waals surface area contributed by atoms with E-state index in [0.29, 0.717) is 23.4 Å². The van der Waals surface area contributed by atoms with Gasteiger partial charge in [0.2, 0.25) is 5.95 Å². The molecule has 2 aromatic carbocycles. The Kier molecular flexibility index (Phi) is 5.36. The van der Waals surface area contributed by atoms with Crippen LogP contribution in [0.25, 0.3) is 0 Å². The molecule has 25 heavy (non-hydrogen) atoms. The van der Waals surface area contributed by atoms with Crippen molar-refractivity contribution in [2.24, 2.45) is 0 Å². The van der Waals surface area contributed by atoms with Gasteiger partial charge in [0.25, 0.3) is 0 Å². The van der Waals surface area contributed by atoms with Crippen LogP contribution < -0.4 is 15.4 Å². The number of hydrogen-bond acceptors (Lipinski definition) is 5. The first kappa shape index (κ1) is 17.0. The Morgan fingerprint density at radius 2 is 1.76 bits per heavy atom. The van der Waals surface area contributed by atoms with Gasteiger partial charge in [-0.05, 0) is 61.9 Å². The molecule has 3 aromatic rings. The first-order valence-corrected chi connectivity index (χ1v) is 8.38. The maximum atomic E-state index is 6.15. The lowest BCUT2D eigenvalue weighted by Crippen LogP contribution is -2.00. The van der Waals surface area contributed by atoms with Crippen molar-refractivity contribution in [3.05, 3.63) is 65.3 Å². The second-order valence-corrected chi connectivity index (χ2v) is 5.84. The number of aryl methyl sites for hydroxylation is 1. The van der Waals surface area contributed by atoms with Crippen LogP contribution in [0.1, 0.15) is 12.5 Å². The lowest BCUT2D eigenvalue weighted by Gasteiger charge is -2.10. The fourth-order valence-corrected chi connectivity index (χ4v) is 2.42. The summed E-state index contributed by atoms with van der Waals surface area (Å²) in [5.74, 6) is 2.03. The topological polar surface area (TPSA) is 59.1 Å². The number of rotatable bonds is 6. The largest absolute Gasteiger partial charge is 0.494 e. The van der Waals surface area contributed by atoms with Gasteiger partial charge < -0.3 is 15.4 Å². The highest BCUT2D eigenvalue weighted by molar-refractivity contribution is 6.31. The van der Waals surface area contributed by atoms with Crippen molar-refractivity contribution in [2.75, 3.05) is 17.2 Å². The smallest absolute Gasteiger partial charge is 0.229 e. The molecular formula is C19H19ClN4O. The Hall–Kier alpha value is -2.79. The predicted molar refractivity (Wildman–Crippen MR) is 102 cm³/mol. The first-order chi connectivity index (χ1) is 12.1. The maximum absolute atomic E-state index is 6.15. The van der Waals surface area contributed by atoms with Gasteiger partial charge in [-0.2, -0.15) is 4.98 Å². The fourth-order valence-electron chi connectivity index (χ4n) is 2.24. The molecule has 0 aliphatic rings. The van der Waals surface area contributed by atoms with Crippen LogP contribution in [-0.4, -0.2) is 16.6 Å². The number of nitrogens with zero attached hydrogens (tertiary/aromatic N) is 2. The molecule has 6 heteroatoms. The van der Waals surface area contributed by atoms with E-state index in [0.717, 1.165) is 22.7 Å². The first-order valence-electron chi connectivity index (χ1n) is 8.00. The molecule has 0 unspecified atom stereocenters. The van der Waals surface area contributed by atoms with Crippen molar-refractivity contribution in [3.8, 4) is 5.75 Å². The van der Waals surface area contributed by atoms with Gasteiger partial charge in [-0.15, -0.1) is 0 Å². The number of anilines is 4. The van der Waals surface area contributed by atoms with Crippen LogP contribution in [0, 0.1) is 6.92 Å². The second-order valence-electron chi connectivity index (χ2n) is 5.44. The van der Waals surface area contributed by atoms with E-state index in [1.165, 1.54) is 0 Å². The number of hydrogen-bond donors (Lipinski definition) is 2. The number of benzene rings is 2. The summed E-state index contributed by atoms with van der Waals surface area (Å²) in [7, 11) is 0. The Morgan fingerprint density at radius 1 is 1.00 bits per heavy atom. The van der Waals surface area contributed by atoms with E-state index in [1.54, 1.807) is 6.20 Å². The monoisotopic (exact) mass is 354 g/mol. The minimum atomic E-state index is 0.496. The molecule has 128 valence electrons. The zero-order chi connectivity index (χ0) is 17.6. The summed E-state index contributed by atoms with van der Waals surface area (Å²) in [5.41, 5.74) is 2.79. The standard InChI is InChI=1S/C19H19ClN4O/c1-3-25-16-8-6-14(7-9-16)22-18-10-11-21-19(24-18)23-15-5-4-13(2)17(20)12-15/h4-12H,3H2,1-2H3,(H2,21,22,23,24). The van der Waals surface area contributed by atoms with E-state index >= 15 is 0 Å². The van der Waals surface area contributed by atoms with Crippen molar-refractivity contribution >= 4 is 34.7 Å². The zero-order valence-corrected chi connectivity index (χ0v) is 14.8. The molecule has 1 heterocycles. The number of ether oxygens (including phenoxy) is 1. The molecule has 0 aliphatic heterocycles. The summed E-state index contributed by atoms with van der Waals surface area (Å²) >= 11 is 6.15. The molecule has 3 rings (SSSR count). The molecule has 0 aliphatic carbocycles. The van der Waals surface area contributed by atoms with Crippen LogP contribution in [-0.2, 0) is 0 Å². The van der Waals surface area contributed by atoms with Gasteiger partial charge in [0.05, 0.1) is 6.61 Å². The molecule has 0 saturated heterocycles. The summed E-state index contributed by atoms with van der Waals surface area (Å²) in [6, 6.07) is 15.3. The SMILES string of the molecule is CCOc1ccc(Nc2ccnc(Nc3ccc(C)c(Cl)c3)n2)cc1. The lowest BCUT2D eigenvalue weighted by molar-refractivity contribution is 0.340. The Labute approximate surface area is 152 Å². The van der Waals surface area contributed by atoms with Gasteiger partial charge in [0, 0.05) is 22.6 Å². The van der Waals surface area contributed by atoms with Gasteiger partial charge in [-0.3, -0.25) is 0 Å². The molecule has 2 N–H and O–H groups in total. The summed E-state index contributed by atoms with van der Waals surface area (Å²) in [6.45, 7) is 4.57. The Bertz CT molecular complexity index is 852. The van der Waals surface area contributed by atoms with Gasteiger partial charge in [0.1, 0.15) is 11.6 Å². The van der Waals surface area contributed by atoms with Crippen LogP contribution >= 0.6 is 11.6 Å². The highest BCUT2D eigenvalue weighted by atomic mass is 35.5. The third kappa shape index (κ3) is 4.61. The molecule has 0 saturated carbocycles. The normalized spacial score (nSPS) is 10.4. The van der Waals surface area contributed by atoms with Gasteiger partial charge >= 0.3 is 0 Å². The molecule has 5 nitrogen and oxygen atoms in total. The van der Waals surface area contributed by atoms with Crippen molar-refractivity contribution in [1.82, 2.24) is 9.97 Å². The molecule has 0 amide bonds. The number of halogens is 1. The maximum Gasteiger partial charge on any atom is 0.229 e. The zero-order valence-electron chi connectivity index (χ0n) is 14.1. The molecule has 0 fully saturated rings. The quantitative estimate of drug-likeness (QED) is 0.627. The highest BCUT2D eigenvalue weighted by Gasteiger charge is 2.03. The minimum Gasteiger partial charge on any atom is -0.494 e. The molecule has 0 radical (unpaired) electrons. The van der Waals surface area contributed by atoms with Crippen molar-refractivity contribution in [2.45, 2.75) is 13.8 Å². The van der Waals surface area contributed by atoms with E-state index in [-0.39, 0.29) is 0 Å². The van der Waals surface area contributed by atoms with Crippen molar-refractivity contribution in [3.63, 3.8) is 0 Å². The summed E-state index contributed by atoms with van der Waals surface area (Å²) in [6.07, 6.45) is 1.70. The molecular weight excluding hydrogens is 336 g/mol. The Morgan fingerprint density at radius 3 is 2.48 bits per heavy atom. The van der Waals surface area contributed by atoms with Crippen LogP contribution in [0.4, 0.5) is 23.1 Å². The Balaban J connectivity index is 1.71. The predicted octanol–water partition coefficient (Wildman–Crippen LogP) is 5.32. The molecule has 0 bridgehead atoms. The van der Waals surface area contributed by atoms with Gasteiger partial charge in [0.15, 0.2) is 0 Å². The fraction of sp³-hybridized carbons (Fsp3) is 0.158. The number of aromatic nitrogens is 2. The third-order valence-corrected chi connectivity index (χ3v) is 3.93. The average Bonchev–Trinajstić information content (AvgIpc) is 2.61. The summed E-state index contributed by atoms with van der Waals surface area (Å²) in [4.78, 5) is 8.71. The van der Waals surface area contributed by atoms with Crippen molar-refractivity contribution < 1.29 is 4.74 Å². The van der Waals surface area contributed by atoms with E-state index in [2.05, 4.69) is 20.6 Å². The van der Waals surface area contributed by atoms with E-state index < -0.39 is 0 Å². The highest BCUT2D eigenvalue weighted by Crippen LogP contribution is 2.23. The summed E-state index contributed by atoms with van der Waals surface area (Å²) in [5, 5.41) is 7.11. The van der Waals surface area contributed by atoms with E-state index in [4.69, 9.17) is 16.3 Å². The average molecular weight is 355 g/mol. The van der Waals surface area contributed by atoms with E-state index in [9.17, 15) is 0 Å². The molecule has 0 spiro atoms. The van der Waals surface area contributed by atoms with Crippen LogP contribution in [0.5, 0.6) is 5.75 Å². The van der Waals surface area contributed by atoms with Gasteiger partial charge in [-0.25, -0.2) is 4.98 Å². The second kappa shape index (κ2) is 7.85. The van der Waals surface area contributed by atoms with Crippen LogP contribution in [0.3, 0.4) is 0 Å². The van der Waals surface area contributed by atoms with E-state index in [1.807, 2.05) is 62.4 Å². The number of nitrogens with one attached hydrogen (secondary N) is 2.